The number of hydrogen-bond acceptors (Lipinski definition) is 9. The molecule has 13 heteroatoms. The average molecular weight is 387 g/mol. The van der Waals surface area contributed by atoms with Crippen molar-refractivity contribution in [2.45, 2.75) is 31.0 Å². The van der Waals surface area contributed by atoms with E-state index in [4.69, 9.17) is 37.6 Å². The molecule has 0 aromatic carbocycles. The van der Waals surface area contributed by atoms with E-state index in [1.165, 1.54) is 21.6 Å². The molecule has 3 unspecified atom stereocenters. The Balaban J connectivity index is 0. The van der Waals surface area contributed by atoms with Gasteiger partial charge in [-0.05, 0) is 6.42 Å². The van der Waals surface area contributed by atoms with Gasteiger partial charge in [-0.3, -0.25) is 19.2 Å². The minimum absolute atomic E-state index is 0.0231. The summed E-state index contributed by atoms with van der Waals surface area (Å²) in [6, 6.07) is -2.90. The number of carbonyl (C=O) groups is 4. The van der Waals surface area contributed by atoms with Crippen molar-refractivity contribution in [3.63, 3.8) is 0 Å². The molecule has 11 nitrogen and oxygen atoms in total. The Hall–Kier alpha value is -1.54. The van der Waals surface area contributed by atoms with Gasteiger partial charge in [0.15, 0.2) is 0 Å². The van der Waals surface area contributed by atoms with Gasteiger partial charge < -0.3 is 37.6 Å². The first kappa shape index (κ1) is 24.7. The number of hydrogen-bond donors (Lipinski definition) is 7. The molecule has 0 aliphatic heterocycles. The summed E-state index contributed by atoms with van der Waals surface area (Å²) in [6.45, 7) is 0. The lowest BCUT2D eigenvalue weighted by Gasteiger charge is -2.07. The number of nitrogens with two attached hydrogens (primary N) is 3. The summed E-state index contributed by atoms with van der Waals surface area (Å²) in [7, 11) is 2.41. The molecular formula is C11H21N3O8S2. The van der Waals surface area contributed by atoms with Gasteiger partial charge in [0, 0.05) is 17.9 Å². The summed E-state index contributed by atoms with van der Waals surface area (Å²) in [4.78, 5) is 40.4. The van der Waals surface area contributed by atoms with Crippen LogP contribution in [0.4, 0.5) is 0 Å². The third-order valence-electron chi connectivity index (χ3n) is 2.20. The molecule has 10 N–H and O–H groups in total. The van der Waals surface area contributed by atoms with Crippen molar-refractivity contribution in [1.82, 2.24) is 0 Å². The molecule has 0 amide bonds. The quantitative estimate of drug-likeness (QED) is 0.157. The van der Waals surface area contributed by atoms with E-state index in [0.29, 0.717) is 0 Å². The van der Waals surface area contributed by atoms with Crippen molar-refractivity contribution >= 4 is 45.5 Å². The minimum Gasteiger partial charge on any atom is -0.481 e. The standard InChI is InChI=1S/C6H12N2O4S2.C5H9NO4/c7-3(5(9)10)1-13-14-2-4(8)6(11)12;6-3(5(9)10)1-2-4(7)8/h3-4H,1-2,7-8H2,(H,9,10)(H,11,12);3H,1-2,6H2,(H,7,8)(H,9,10). The molecule has 0 saturated carbocycles. The summed E-state index contributed by atoms with van der Waals surface area (Å²) in [5.74, 6) is -3.88. The maximum absolute atomic E-state index is 10.3. The molecule has 0 spiro atoms. The second kappa shape index (κ2) is 13.9. The smallest absolute Gasteiger partial charge is 0.321 e. The van der Waals surface area contributed by atoms with E-state index < -0.39 is 42.0 Å². The van der Waals surface area contributed by atoms with Gasteiger partial charge in [-0.2, -0.15) is 0 Å². The maximum atomic E-state index is 10.3. The molecule has 3 atom stereocenters. The summed E-state index contributed by atoms with van der Waals surface area (Å²) in [6.07, 6.45) is -0.224. The van der Waals surface area contributed by atoms with Crippen molar-refractivity contribution < 1.29 is 39.6 Å². The van der Waals surface area contributed by atoms with Crippen LogP contribution in [0.1, 0.15) is 12.8 Å². The van der Waals surface area contributed by atoms with E-state index in [2.05, 4.69) is 0 Å². The molecule has 0 fully saturated rings. The van der Waals surface area contributed by atoms with Crippen LogP contribution in [0.3, 0.4) is 0 Å². The molecule has 0 heterocycles. The highest BCUT2D eigenvalue weighted by Crippen LogP contribution is 2.22. The van der Waals surface area contributed by atoms with Gasteiger partial charge in [0.2, 0.25) is 0 Å². The first-order valence-electron chi connectivity index (χ1n) is 6.40. The second-order valence-electron chi connectivity index (χ2n) is 4.34. The van der Waals surface area contributed by atoms with Gasteiger partial charge in [0.25, 0.3) is 0 Å². The molecule has 0 aromatic rings. The number of rotatable bonds is 11. The molecule has 0 aliphatic carbocycles. The second-order valence-corrected chi connectivity index (χ2v) is 6.89. The van der Waals surface area contributed by atoms with Crippen LogP contribution < -0.4 is 17.2 Å². The zero-order chi connectivity index (χ0) is 19.3. The van der Waals surface area contributed by atoms with Crippen LogP contribution in [0.5, 0.6) is 0 Å². The van der Waals surface area contributed by atoms with Crippen molar-refractivity contribution in [3.05, 3.63) is 0 Å². The fraction of sp³-hybridized carbons (Fsp3) is 0.636. The minimum atomic E-state index is -1.17. The van der Waals surface area contributed by atoms with Crippen molar-refractivity contribution in [2.24, 2.45) is 17.2 Å². The Kier molecular flexibility index (Phi) is 14.3. The highest BCUT2D eigenvalue weighted by molar-refractivity contribution is 8.76. The molecule has 24 heavy (non-hydrogen) atoms. The number of aliphatic carboxylic acids is 4. The predicted molar refractivity (Wildman–Crippen MR) is 88.6 cm³/mol. The van der Waals surface area contributed by atoms with Crippen LogP contribution >= 0.6 is 21.6 Å². The van der Waals surface area contributed by atoms with E-state index in [1.807, 2.05) is 0 Å². The Morgan fingerprint density at radius 3 is 1.29 bits per heavy atom. The van der Waals surface area contributed by atoms with Gasteiger partial charge in [-0.1, -0.05) is 21.6 Å². The Morgan fingerprint density at radius 2 is 1.04 bits per heavy atom. The normalized spacial score (nSPS) is 13.8. The van der Waals surface area contributed by atoms with E-state index in [-0.39, 0.29) is 24.3 Å². The van der Waals surface area contributed by atoms with E-state index in [9.17, 15) is 19.2 Å². The van der Waals surface area contributed by atoms with Gasteiger partial charge in [-0.15, -0.1) is 0 Å². The third-order valence-corrected chi connectivity index (χ3v) is 4.67. The maximum Gasteiger partial charge on any atom is 0.321 e. The van der Waals surface area contributed by atoms with Crippen molar-refractivity contribution in [1.29, 1.82) is 0 Å². The Bertz CT molecular complexity index is 415. The molecule has 140 valence electrons. The van der Waals surface area contributed by atoms with Gasteiger partial charge in [0.1, 0.15) is 18.1 Å². The summed E-state index contributed by atoms with van der Waals surface area (Å²) >= 11 is 0. The van der Waals surface area contributed by atoms with E-state index >= 15 is 0 Å². The fourth-order valence-corrected chi connectivity index (χ4v) is 3.02. The molecular weight excluding hydrogens is 366 g/mol. The van der Waals surface area contributed by atoms with Crippen LogP contribution in [0.2, 0.25) is 0 Å². The zero-order valence-corrected chi connectivity index (χ0v) is 14.2. The highest BCUT2D eigenvalue weighted by Gasteiger charge is 2.14. The van der Waals surface area contributed by atoms with Crippen LogP contribution in [0, 0.1) is 0 Å². The fourth-order valence-electron chi connectivity index (χ4n) is 0.788. The largest absolute Gasteiger partial charge is 0.481 e. The lowest BCUT2D eigenvalue weighted by atomic mass is 10.2. The average Bonchev–Trinajstić information content (AvgIpc) is 2.48. The molecule has 0 rings (SSSR count). The summed E-state index contributed by atoms with van der Waals surface area (Å²) in [5, 5.41) is 33.1. The monoisotopic (exact) mass is 387 g/mol. The number of carboxylic acids is 4. The summed E-state index contributed by atoms with van der Waals surface area (Å²) in [5.41, 5.74) is 15.4. The third kappa shape index (κ3) is 15.4. The lowest BCUT2D eigenvalue weighted by Crippen LogP contribution is -2.33. The van der Waals surface area contributed by atoms with Crippen LogP contribution in [-0.2, 0) is 19.2 Å². The van der Waals surface area contributed by atoms with Crippen LogP contribution in [0.25, 0.3) is 0 Å². The first-order valence-corrected chi connectivity index (χ1v) is 8.89. The first-order chi connectivity index (χ1) is 11.0. The topological polar surface area (TPSA) is 227 Å². The molecule has 0 aromatic heterocycles. The predicted octanol–water partition coefficient (Wildman–Crippen LogP) is -1.55. The van der Waals surface area contributed by atoms with Gasteiger partial charge >= 0.3 is 23.9 Å². The van der Waals surface area contributed by atoms with Gasteiger partial charge in [0.05, 0.1) is 0 Å². The summed E-state index contributed by atoms with van der Waals surface area (Å²) < 4.78 is 0. The van der Waals surface area contributed by atoms with Crippen molar-refractivity contribution in [3.8, 4) is 0 Å². The van der Waals surface area contributed by atoms with E-state index in [0.717, 1.165) is 0 Å². The van der Waals surface area contributed by atoms with Gasteiger partial charge in [-0.25, -0.2) is 0 Å². The van der Waals surface area contributed by atoms with Crippen LogP contribution in [0.15, 0.2) is 0 Å². The SMILES string of the molecule is NC(CCC(=O)O)C(=O)O.NC(CSSCC(N)C(=O)O)C(=O)O. The Morgan fingerprint density at radius 1 is 0.708 bits per heavy atom. The van der Waals surface area contributed by atoms with E-state index in [1.54, 1.807) is 0 Å². The van der Waals surface area contributed by atoms with Crippen LogP contribution in [-0.4, -0.2) is 73.9 Å². The molecule has 0 saturated heterocycles. The Labute approximate surface area is 145 Å². The molecule has 0 aliphatic rings. The highest BCUT2D eigenvalue weighted by atomic mass is 33.1. The number of carboxylic acid groups (broad SMARTS) is 4. The molecule has 0 bridgehead atoms. The lowest BCUT2D eigenvalue weighted by molar-refractivity contribution is -0.140. The molecule has 0 radical (unpaired) electrons. The van der Waals surface area contributed by atoms with Crippen molar-refractivity contribution in [2.75, 3.05) is 11.5 Å². The zero-order valence-electron chi connectivity index (χ0n) is 12.5.